The molecule has 2 aliphatic heterocycles. The predicted molar refractivity (Wildman–Crippen MR) is 147 cm³/mol. The van der Waals surface area contributed by atoms with Crippen LogP contribution in [0.3, 0.4) is 0 Å². The average Bonchev–Trinajstić information content (AvgIpc) is 3.19. The number of hydrogen-bond acceptors (Lipinski definition) is 7. The topological polar surface area (TPSA) is 99.0 Å². The second kappa shape index (κ2) is 12.1. The van der Waals surface area contributed by atoms with Crippen molar-refractivity contribution in [2.45, 2.75) is 63.5 Å². The molecule has 0 unspecified atom stereocenters. The summed E-state index contributed by atoms with van der Waals surface area (Å²) in [6.07, 6.45) is -11.2. The highest BCUT2D eigenvalue weighted by Crippen LogP contribution is 2.42. The van der Waals surface area contributed by atoms with Gasteiger partial charge in [-0.15, -0.1) is 0 Å². The first-order valence-electron chi connectivity index (χ1n) is 13.6. The maximum atomic E-state index is 13.5. The van der Waals surface area contributed by atoms with Crippen molar-refractivity contribution in [1.82, 2.24) is 14.9 Å². The van der Waals surface area contributed by atoms with Crippen LogP contribution in [0.25, 0.3) is 11.1 Å². The molecular formula is C29H27ClF6N4O4. The van der Waals surface area contributed by atoms with Gasteiger partial charge in [-0.2, -0.15) is 26.3 Å². The lowest BCUT2D eigenvalue weighted by molar-refractivity contribution is -0.143. The Morgan fingerprint density at radius 2 is 1.68 bits per heavy atom. The van der Waals surface area contributed by atoms with Crippen molar-refractivity contribution in [3.05, 3.63) is 75.6 Å². The van der Waals surface area contributed by atoms with Gasteiger partial charge in [-0.1, -0.05) is 17.7 Å². The zero-order chi connectivity index (χ0) is 32.0. The van der Waals surface area contributed by atoms with Crippen LogP contribution in [-0.4, -0.2) is 56.6 Å². The highest BCUT2D eigenvalue weighted by atomic mass is 35.5. The van der Waals surface area contributed by atoms with E-state index in [0.29, 0.717) is 59.4 Å². The number of carbonyl (C=O) groups is 1. The Balaban J connectivity index is 1.51. The number of cyclic esters (lactones) is 1. The fraction of sp³-hybridized carbons (Fsp3) is 0.414. The molecule has 3 heterocycles. The number of halogens is 7. The Morgan fingerprint density at radius 1 is 1.02 bits per heavy atom. The van der Waals surface area contributed by atoms with E-state index in [4.69, 9.17) is 16.3 Å². The molecule has 2 atom stereocenters. The monoisotopic (exact) mass is 644 g/mol. The van der Waals surface area contributed by atoms with Crippen molar-refractivity contribution in [2.75, 3.05) is 18.0 Å². The van der Waals surface area contributed by atoms with E-state index in [-0.39, 0.29) is 19.0 Å². The third-order valence-electron chi connectivity index (χ3n) is 7.66. The van der Waals surface area contributed by atoms with Crippen LogP contribution in [0.1, 0.15) is 53.8 Å². The first-order chi connectivity index (χ1) is 20.6. The largest absolute Gasteiger partial charge is 0.439 e. The first kappa shape index (κ1) is 31.8. The molecule has 2 saturated heterocycles. The van der Waals surface area contributed by atoms with Gasteiger partial charge in [-0.05, 0) is 61.2 Å². The van der Waals surface area contributed by atoms with E-state index in [1.165, 1.54) is 18.0 Å². The number of nitrogens with zero attached hydrogens (tertiary/aromatic N) is 4. The van der Waals surface area contributed by atoms with Crippen molar-refractivity contribution < 1.29 is 46.1 Å². The van der Waals surface area contributed by atoms with Gasteiger partial charge in [-0.25, -0.2) is 14.8 Å². The fourth-order valence-electron chi connectivity index (χ4n) is 5.11. The highest BCUT2D eigenvalue weighted by Gasteiger charge is 2.43. The lowest BCUT2D eigenvalue weighted by atomic mass is 9.97. The number of benzene rings is 2. The number of carbonyl (C=O) groups excluding carboxylic acids is 1. The van der Waals surface area contributed by atoms with Gasteiger partial charge in [-0.3, -0.25) is 4.90 Å². The molecule has 236 valence electrons. The molecule has 2 N–H and O–H groups in total. The molecule has 1 amide bonds. The molecule has 5 rings (SSSR count). The summed E-state index contributed by atoms with van der Waals surface area (Å²) in [7, 11) is 0. The molecule has 0 bridgehead atoms. The van der Waals surface area contributed by atoms with E-state index in [0.717, 1.165) is 12.0 Å². The maximum absolute atomic E-state index is 13.5. The zero-order valence-corrected chi connectivity index (χ0v) is 23.9. The minimum absolute atomic E-state index is 0.0201. The van der Waals surface area contributed by atoms with E-state index in [9.17, 15) is 41.4 Å². The fourth-order valence-corrected chi connectivity index (χ4v) is 5.33. The van der Waals surface area contributed by atoms with E-state index in [2.05, 4.69) is 9.97 Å². The molecule has 0 aliphatic carbocycles. The number of anilines is 1. The van der Waals surface area contributed by atoms with E-state index >= 15 is 0 Å². The zero-order valence-electron chi connectivity index (χ0n) is 23.2. The number of aromatic nitrogens is 2. The van der Waals surface area contributed by atoms with Gasteiger partial charge in [0.2, 0.25) is 5.95 Å². The standard InChI is InChI=1S/C29H27ClF6N4O4/c1-15-25(17-10-18(28(31,32)33)12-19(11-17)29(34,35)36)44-27(43)40(15)14-23-21(13-37-26(38-23)39-7-2-8-39)20-9-16(3-5-22(20)30)4-6-24(41)42/h3,5,9-13,15,24-25,41-42H,2,4,6-8,14H2,1H3/t15-,25-/m0/s1. The lowest BCUT2D eigenvalue weighted by Crippen LogP contribution is -2.39. The van der Waals surface area contributed by atoms with Crippen LogP contribution >= 0.6 is 11.6 Å². The first-order valence-corrected chi connectivity index (χ1v) is 14.0. The van der Waals surface area contributed by atoms with Crippen LogP contribution in [0, 0.1) is 0 Å². The van der Waals surface area contributed by atoms with Gasteiger partial charge in [0, 0.05) is 41.9 Å². The summed E-state index contributed by atoms with van der Waals surface area (Å²) >= 11 is 6.53. The van der Waals surface area contributed by atoms with Crippen LogP contribution in [0.4, 0.5) is 37.1 Å². The average molecular weight is 645 g/mol. The SMILES string of the molecule is C[C@H]1[C@@H](c2cc(C(F)(F)F)cc(C(F)(F)F)c2)OC(=O)N1Cc1nc(N2CCC2)ncc1-c1cc(CCC(O)O)ccc1Cl. The number of ether oxygens (including phenoxy) is 1. The number of alkyl halides is 6. The summed E-state index contributed by atoms with van der Waals surface area (Å²) in [6, 6.07) is 5.23. The molecule has 2 aliphatic rings. The highest BCUT2D eigenvalue weighted by molar-refractivity contribution is 6.33. The lowest BCUT2D eigenvalue weighted by Gasteiger charge is -2.31. The quantitative estimate of drug-likeness (QED) is 0.217. The molecule has 3 aromatic rings. The van der Waals surface area contributed by atoms with Crippen LogP contribution < -0.4 is 4.90 Å². The number of amides is 1. The smallest absolute Gasteiger partial charge is 0.416 e. The van der Waals surface area contributed by atoms with Gasteiger partial charge in [0.1, 0.15) is 6.10 Å². The Hall–Kier alpha value is -3.62. The van der Waals surface area contributed by atoms with Crippen molar-refractivity contribution in [1.29, 1.82) is 0 Å². The summed E-state index contributed by atoms with van der Waals surface area (Å²) in [6.45, 7) is 2.67. The Labute approximate surface area is 252 Å². The van der Waals surface area contributed by atoms with Crippen LogP contribution in [-0.2, 0) is 30.1 Å². The third-order valence-corrected chi connectivity index (χ3v) is 7.99. The molecular weight excluding hydrogens is 618 g/mol. The molecule has 0 radical (unpaired) electrons. The summed E-state index contributed by atoms with van der Waals surface area (Å²) in [5.74, 6) is 0.384. The molecule has 1 aromatic heterocycles. The Bertz CT molecular complexity index is 1510. The van der Waals surface area contributed by atoms with Crippen molar-refractivity contribution in [2.24, 2.45) is 0 Å². The van der Waals surface area contributed by atoms with Gasteiger partial charge in [0.15, 0.2) is 6.29 Å². The van der Waals surface area contributed by atoms with E-state index < -0.39 is 53.6 Å². The Kier molecular flexibility index (Phi) is 8.71. The van der Waals surface area contributed by atoms with Crippen LogP contribution in [0.5, 0.6) is 0 Å². The minimum atomic E-state index is -5.06. The minimum Gasteiger partial charge on any atom is -0.439 e. The van der Waals surface area contributed by atoms with Crippen molar-refractivity contribution >= 4 is 23.6 Å². The maximum Gasteiger partial charge on any atom is 0.416 e. The van der Waals surface area contributed by atoms with Crippen LogP contribution in [0.15, 0.2) is 42.6 Å². The van der Waals surface area contributed by atoms with Crippen molar-refractivity contribution in [3.63, 3.8) is 0 Å². The molecule has 15 heteroatoms. The number of aryl methyl sites for hydroxylation is 1. The summed E-state index contributed by atoms with van der Waals surface area (Å²) < 4.78 is 86.4. The normalized spacial score (nSPS) is 19.0. The molecule has 44 heavy (non-hydrogen) atoms. The molecule has 2 fully saturated rings. The van der Waals surface area contributed by atoms with E-state index in [1.807, 2.05) is 4.90 Å². The second-order valence-corrected chi connectivity index (χ2v) is 11.1. The second-order valence-electron chi connectivity index (χ2n) is 10.7. The van der Waals surface area contributed by atoms with Gasteiger partial charge < -0.3 is 19.8 Å². The summed E-state index contributed by atoms with van der Waals surface area (Å²) in [5, 5.41) is 18.9. The van der Waals surface area contributed by atoms with Gasteiger partial charge in [0.05, 0.1) is 29.4 Å². The molecule has 0 spiro atoms. The molecule has 8 nitrogen and oxygen atoms in total. The Morgan fingerprint density at radius 3 is 2.25 bits per heavy atom. The number of hydrogen-bond donors (Lipinski definition) is 2. The third kappa shape index (κ3) is 6.71. The van der Waals surface area contributed by atoms with E-state index in [1.54, 1.807) is 18.2 Å². The number of rotatable bonds is 8. The number of aliphatic hydroxyl groups excluding tert-OH is 1. The number of aliphatic hydroxyl groups is 2. The molecule has 2 aromatic carbocycles. The molecule has 0 saturated carbocycles. The van der Waals surface area contributed by atoms with Gasteiger partial charge in [0.25, 0.3) is 0 Å². The van der Waals surface area contributed by atoms with Crippen LogP contribution in [0.2, 0.25) is 5.02 Å². The summed E-state index contributed by atoms with van der Waals surface area (Å²) in [5.41, 5.74) is -1.48. The van der Waals surface area contributed by atoms with Gasteiger partial charge >= 0.3 is 18.4 Å². The predicted octanol–water partition coefficient (Wildman–Crippen LogP) is 6.37. The summed E-state index contributed by atoms with van der Waals surface area (Å²) in [4.78, 5) is 25.3. The van der Waals surface area contributed by atoms with Crippen molar-refractivity contribution in [3.8, 4) is 11.1 Å².